The number of amides is 1. The van der Waals surface area contributed by atoms with Crippen molar-refractivity contribution in [3.8, 4) is 16.9 Å². The Morgan fingerprint density at radius 3 is 2.48 bits per heavy atom. The maximum atomic E-state index is 12.5. The molecule has 0 aliphatic carbocycles. The molecule has 0 aromatic carbocycles. The van der Waals surface area contributed by atoms with E-state index in [1.807, 2.05) is 13.8 Å². The van der Waals surface area contributed by atoms with Crippen LogP contribution in [0.1, 0.15) is 49.2 Å². The van der Waals surface area contributed by atoms with Gasteiger partial charge in [-0.25, -0.2) is 15.0 Å². The SMILES string of the molecule is CCCC(C#N)(CCC)NC(=O)c1cnc(-c2ncccn2)s1. The molecule has 0 unspecified atom stereocenters. The molecule has 0 radical (unpaired) electrons. The van der Waals surface area contributed by atoms with E-state index in [4.69, 9.17) is 0 Å². The van der Waals surface area contributed by atoms with Gasteiger partial charge in [-0.15, -0.1) is 11.3 Å². The Balaban J connectivity index is 2.17. The largest absolute Gasteiger partial charge is 0.333 e. The lowest BCUT2D eigenvalue weighted by molar-refractivity contribution is 0.0915. The Kier molecular flexibility index (Phi) is 5.77. The van der Waals surface area contributed by atoms with E-state index < -0.39 is 5.54 Å². The van der Waals surface area contributed by atoms with Crippen LogP contribution in [0, 0.1) is 11.3 Å². The molecule has 0 bridgehead atoms. The molecule has 0 atom stereocenters. The fraction of sp³-hybridized carbons (Fsp3) is 0.438. The van der Waals surface area contributed by atoms with E-state index in [2.05, 4.69) is 26.3 Å². The summed E-state index contributed by atoms with van der Waals surface area (Å²) in [4.78, 5) is 25.4. The minimum atomic E-state index is -0.812. The number of carbonyl (C=O) groups excluding carboxylic acids is 1. The van der Waals surface area contributed by atoms with E-state index in [-0.39, 0.29) is 5.91 Å². The molecule has 0 aliphatic rings. The topological polar surface area (TPSA) is 91.6 Å². The van der Waals surface area contributed by atoms with Crippen molar-refractivity contribution < 1.29 is 4.79 Å². The highest BCUT2D eigenvalue weighted by atomic mass is 32.1. The van der Waals surface area contributed by atoms with Crippen molar-refractivity contribution in [1.29, 1.82) is 5.26 Å². The van der Waals surface area contributed by atoms with Crippen LogP contribution in [-0.2, 0) is 0 Å². The van der Waals surface area contributed by atoms with Crippen molar-refractivity contribution in [1.82, 2.24) is 20.3 Å². The van der Waals surface area contributed by atoms with Crippen LogP contribution < -0.4 is 5.32 Å². The summed E-state index contributed by atoms with van der Waals surface area (Å²) in [6.07, 6.45) is 7.71. The lowest BCUT2D eigenvalue weighted by Gasteiger charge is -2.26. The molecule has 0 saturated carbocycles. The van der Waals surface area contributed by atoms with Crippen LogP contribution in [0.2, 0.25) is 0 Å². The van der Waals surface area contributed by atoms with Gasteiger partial charge in [-0.05, 0) is 18.9 Å². The zero-order valence-corrected chi connectivity index (χ0v) is 14.1. The summed E-state index contributed by atoms with van der Waals surface area (Å²) in [5, 5.41) is 13.0. The smallest absolute Gasteiger partial charge is 0.264 e. The third kappa shape index (κ3) is 4.11. The Labute approximate surface area is 139 Å². The van der Waals surface area contributed by atoms with Gasteiger partial charge in [0.2, 0.25) is 0 Å². The van der Waals surface area contributed by atoms with Crippen LogP contribution in [-0.4, -0.2) is 26.4 Å². The molecular weight excluding hydrogens is 310 g/mol. The molecule has 2 aromatic rings. The van der Waals surface area contributed by atoms with Crippen LogP contribution in [0.15, 0.2) is 24.7 Å². The highest BCUT2D eigenvalue weighted by molar-refractivity contribution is 7.16. The Hall–Kier alpha value is -2.33. The van der Waals surface area contributed by atoms with Gasteiger partial charge in [0.25, 0.3) is 5.91 Å². The summed E-state index contributed by atoms with van der Waals surface area (Å²) in [6, 6.07) is 4.01. The Morgan fingerprint density at radius 2 is 1.91 bits per heavy atom. The summed E-state index contributed by atoms with van der Waals surface area (Å²) in [7, 11) is 0. The number of hydrogen-bond acceptors (Lipinski definition) is 6. The maximum Gasteiger partial charge on any atom is 0.264 e. The fourth-order valence-corrected chi connectivity index (χ4v) is 3.17. The minimum Gasteiger partial charge on any atom is -0.333 e. The van der Waals surface area contributed by atoms with Gasteiger partial charge in [0.15, 0.2) is 10.8 Å². The molecule has 1 N–H and O–H groups in total. The number of thiazole rings is 1. The first-order chi connectivity index (χ1) is 11.1. The predicted octanol–water partition coefficient (Wildman–Crippen LogP) is 3.19. The predicted molar refractivity (Wildman–Crippen MR) is 88.8 cm³/mol. The summed E-state index contributed by atoms with van der Waals surface area (Å²) in [6.45, 7) is 4.01. The molecule has 0 saturated heterocycles. The second kappa shape index (κ2) is 7.79. The Bertz CT molecular complexity index is 686. The monoisotopic (exact) mass is 329 g/mol. The van der Waals surface area contributed by atoms with E-state index in [1.54, 1.807) is 18.5 Å². The molecule has 1 amide bonds. The van der Waals surface area contributed by atoms with Gasteiger partial charge in [-0.2, -0.15) is 5.26 Å². The number of nitrogens with one attached hydrogen (secondary N) is 1. The molecule has 6 nitrogen and oxygen atoms in total. The van der Waals surface area contributed by atoms with E-state index in [0.29, 0.717) is 28.6 Å². The van der Waals surface area contributed by atoms with Crippen LogP contribution in [0.3, 0.4) is 0 Å². The number of carbonyl (C=O) groups is 1. The van der Waals surface area contributed by atoms with Crippen LogP contribution in [0.4, 0.5) is 0 Å². The Morgan fingerprint density at radius 1 is 1.26 bits per heavy atom. The lowest BCUT2D eigenvalue weighted by atomic mass is 9.90. The van der Waals surface area contributed by atoms with Crippen molar-refractivity contribution in [2.24, 2.45) is 0 Å². The highest BCUT2D eigenvalue weighted by Gasteiger charge is 2.31. The number of aromatic nitrogens is 3. The molecule has 0 aliphatic heterocycles. The molecule has 0 fully saturated rings. The van der Waals surface area contributed by atoms with Gasteiger partial charge in [0.05, 0.1) is 12.3 Å². The summed E-state index contributed by atoms with van der Waals surface area (Å²) >= 11 is 1.22. The van der Waals surface area contributed by atoms with Gasteiger partial charge >= 0.3 is 0 Å². The minimum absolute atomic E-state index is 0.270. The first-order valence-electron chi connectivity index (χ1n) is 7.61. The van der Waals surface area contributed by atoms with Crippen LogP contribution in [0.5, 0.6) is 0 Å². The van der Waals surface area contributed by atoms with Crippen LogP contribution >= 0.6 is 11.3 Å². The second-order valence-electron chi connectivity index (χ2n) is 5.25. The molecule has 0 spiro atoms. The highest BCUT2D eigenvalue weighted by Crippen LogP contribution is 2.24. The number of nitrogens with zero attached hydrogens (tertiary/aromatic N) is 4. The van der Waals surface area contributed by atoms with E-state index in [0.717, 1.165) is 12.8 Å². The summed E-state index contributed by atoms with van der Waals surface area (Å²) < 4.78 is 0. The number of nitriles is 1. The van der Waals surface area contributed by atoms with Crippen LogP contribution in [0.25, 0.3) is 10.8 Å². The molecule has 120 valence electrons. The molecule has 23 heavy (non-hydrogen) atoms. The quantitative estimate of drug-likeness (QED) is 0.842. The summed E-state index contributed by atoms with van der Waals surface area (Å²) in [5.74, 6) is 0.221. The van der Waals surface area contributed by atoms with Gasteiger partial charge in [0.1, 0.15) is 10.4 Å². The lowest BCUT2D eigenvalue weighted by Crippen LogP contribution is -2.47. The van der Waals surface area contributed by atoms with E-state index in [9.17, 15) is 10.1 Å². The second-order valence-corrected chi connectivity index (χ2v) is 6.28. The normalized spacial score (nSPS) is 11.0. The zero-order chi connectivity index (χ0) is 16.7. The molecule has 7 heteroatoms. The third-order valence-electron chi connectivity index (χ3n) is 3.41. The first-order valence-corrected chi connectivity index (χ1v) is 8.42. The molecule has 2 rings (SSSR count). The number of rotatable bonds is 7. The third-order valence-corrected chi connectivity index (χ3v) is 4.40. The van der Waals surface area contributed by atoms with Crippen molar-refractivity contribution >= 4 is 17.2 Å². The first kappa shape index (κ1) is 17.0. The van der Waals surface area contributed by atoms with Crippen molar-refractivity contribution in [3.05, 3.63) is 29.5 Å². The van der Waals surface area contributed by atoms with Gasteiger partial charge in [-0.1, -0.05) is 26.7 Å². The number of hydrogen-bond donors (Lipinski definition) is 1. The van der Waals surface area contributed by atoms with Crippen molar-refractivity contribution in [3.63, 3.8) is 0 Å². The van der Waals surface area contributed by atoms with E-state index >= 15 is 0 Å². The van der Waals surface area contributed by atoms with Gasteiger partial charge in [0, 0.05) is 12.4 Å². The molecular formula is C16H19N5OS. The van der Waals surface area contributed by atoms with Gasteiger partial charge < -0.3 is 5.32 Å². The van der Waals surface area contributed by atoms with Gasteiger partial charge in [-0.3, -0.25) is 4.79 Å². The van der Waals surface area contributed by atoms with E-state index in [1.165, 1.54) is 17.5 Å². The average molecular weight is 329 g/mol. The van der Waals surface area contributed by atoms with Crippen molar-refractivity contribution in [2.75, 3.05) is 0 Å². The molecule has 2 heterocycles. The standard InChI is InChI=1S/C16H19N5OS/c1-3-6-16(11-17,7-4-2)21-14(22)12-10-20-15(23-12)13-18-8-5-9-19-13/h5,8-10H,3-4,6-7H2,1-2H3,(H,21,22). The fourth-order valence-electron chi connectivity index (χ4n) is 2.41. The maximum absolute atomic E-state index is 12.5. The van der Waals surface area contributed by atoms with Crippen molar-refractivity contribution in [2.45, 2.75) is 45.1 Å². The zero-order valence-electron chi connectivity index (χ0n) is 13.2. The summed E-state index contributed by atoms with van der Waals surface area (Å²) in [5.41, 5.74) is -0.812. The average Bonchev–Trinajstić information content (AvgIpc) is 3.06. The molecule has 2 aromatic heterocycles.